The van der Waals surface area contributed by atoms with E-state index in [9.17, 15) is 13.5 Å². The summed E-state index contributed by atoms with van der Waals surface area (Å²) in [5, 5.41) is 14.4. The van der Waals surface area contributed by atoms with E-state index in [1.165, 1.54) is 18.3 Å². The van der Waals surface area contributed by atoms with E-state index in [4.69, 9.17) is 5.14 Å². The van der Waals surface area contributed by atoms with Crippen molar-refractivity contribution in [2.24, 2.45) is 5.14 Å². The lowest BCUT2D eigenvalue weighted by Crippen LogP contribution is -2.26. The molecule has 0 unspecified atom stereocenters. The average Bonchev–Trinajstić information content (AvgIpc) is 2.47. The Morgan fingerprint density at radius 3 is 2.67 bits per heavy atom. The second kappa shape index (κ2) is 4.54. The smallest absolute Gasteiger partial charge is 0.333 e. The van der Waals surface area contributed by atoms with Gasteiger partial charge in [0.2, 0.25) is 0 Å². The number of aromatic nitrogens is 1. The van der Waals surface area contributed by atoms with Gasteiger partial charge in [-0.2, -0.15) is 8.42 Å². The van der Waals surface area contributed by atoms with Crippen molar-refractivity contribution in [2.45, 2.75) is 26.1 Å². The number of nitrogens with zero attached hydrogens (tertiary/aromatic N) is 1. The van der Waals surface area contributed by atoms with Crippen LogP contribution in [0, 0.1) is 6.92 Å². The Kier molecular flexibility index (Phi) is 3.79. The first kappa shape index (κ1) is 12.5. The molecule has 0 aromatic carbocycles. The lowest BCUT2D eigenvalue weighted by atomic mass is 10.2. The minimum atomic E-state index is -4.05. The Balaban J connectivity index is 2.78. The lowest BCUT2D eigenvalue weighted by molar-refractivity contribution is 0.0527. The minimum Gasteiger partial charge on any atom is -0.385 e. The van der Waals surface area contributed by atoms with Gasteiger partial charge in [0.25, 0.3) is 0 Å². The quantitative estimate of drug-likeness (QED) is 0.790. The van der Waals surface area contributed by atoms with Gasteiger partial charge in [0.05, 0.1) is 16.1 Å². The Morgan fingerprint density at radius 2 is 2.27 bits per heavy atom. The first-order valence-corrected chi connectivity index (χ1v) is 6.45. The van der Waals surface area contributed by atoms with E-state index in [0.717, 1.165) is 0 Å². The van der Waals surface area contributed by atoms with Crippen molar-refractivity contribution in [1.82, 2.24) is 4.98 Å². The Labute approximate surface area is 92.0 Å². The molecule has 3 N–H and O–H groups in total. The average molecular weight is 252 g/mol. The van der Waals surface area contributed by atoms with Crippen molar-refractivity contribution in [2.75, 3.05) is 0 Å². The van der Waals surface area contributed by atoms with Gasteiger partial charge in [0.1, 0.15) is 12.2 Å². The molecule has 0 spiro atoms. The zero-order chi connectivity index (χ0) is 11.6. The van der Waals surface area contributed by atoms with Crippen LogP contribution in [0.2, 0.25) is 0 Å². The second-order valence-electron chi connectivity index (χ2n) is 3.04. The number of thiazole rings is 1. The highest BCUT2D eigenvalue weighted by atomic mass is 32.2. The third-order valence-electron chi connectivity index (χ3n) is 1.78. The second-order valence-corrected chi connectivity index (χ2v) is 5.11. The summed E-state index contributed by atoms with van der Waals surface area (Å²) < 4.78 is 25.7. The number of aryl methyl sites for hydroxylation is 1. The van der Waals surface area contributed by atoms with Gasteiger partial charge in [-0.1, -0.05) is 0 Å². The van der Waals surface area contributed by atoms with Crippen LogP contribution in [0.1, 0.15) is 23.6 Å². The fourth-order valence-electron chi connectivity index (χ4n) is 1.07. The van der Waals surface area contributed by atoms with Crippen molar-refractivity contribution in [3.05, 3.63) is 16.1 Å². The molecule has 1 aromatic rings. The van der Waals surface area contributed by atoms with E-state index in [0.29, 0.717) is 10.6 Å². The van der Waals surface area contributed by atoms with E-state index in [2.05, 4.69) is 9.17 Å². The Morgan fingerprint density at radius 1 is 1.67 bits per heavy atom. The molecule has 1 rings (SSSR count). The molecule has 8 heteroatoms. The van der Waals surface area contributed by atoms with Gasteiger partial charge < -0.3 is 5.11 Å². The van der Waals surface area contributed by atoms with Crippen LogP contribution in [-0.4, -0.2) is 24.6 Å². The highest BCUT2D eigenvalue weighted by molar-refractivity contribution is 7.84. The molecular weight excluding hydrogens is 240 g/mol. The number of aliphatic hydroxyl groups is 1. The van der Waals surface area contributed by atoms with Crippen molar-refractivity contribution in [3.63, 3.8) is 0 Å². The molecule has 0 saturated heterocycles. The molecule has 0 amide bonds. The van der Waals surface area contributed by atoms with Gasteiger partial charge in [-0.25, -0.2) is 10.1 Å². The van der Waals surface area contributed by atoms with Crippen molar-refractivity contribution in [3.8, 4) is 0 Å². The number of hydrogen-bond donors (Lipinski definition) is 2. The molecule has 0 fully saturated rings. The van der Waals surface area contributed by atoms with Crippen molar-refractivity contribution in [1.29, 1.82) is 0 Å². The number of aliphatic hydroxyl groups excluding tert-OH is 1. The molecule has 1 heterocycles. The van der Waals surface area contributed by atoms with Crippen LogP contribution in [0.3, 0.4) is 0 Å². The Hall–Kier alpha value is -0.540. The molecule has 0 aliphatic rings. The van der Waals surface area contributed by atoms with Crippen LogP contribution >= 0.6 is 11.3 Å². The first-order valence-electron chi connectivity index (χ1n) is 4.10. The zero-order valence-corrected chi connectivity index (χ0v) is 9.88. The minimum absolute atomic E-state index is 0.575. The summed E-state index contributed by atoms with van der Waals surface area (Å²) in [6, 6.07) is 0. The SMILES string of the molecule is Cc1ncsc1[C@H](O)[C@H](C)OS(N)(=O)=O. The lowest BCUT2D eigenvalue weighted by Gasteiger charge is -2.16. The van der Waals surface area contributed by atoms with Crippen molar-refractivity contribution < 1.29 is 17.7 Å². The van der Waals surface area contributed by atoms with E-state index < -0.39 is 22.5 Å². The molecule has 86 valence electrons. The summed E-state index contributed by atoms with van der Waals surface area (Å²) in [6.45, 7) is 3.15. The van der Waals surface area contributed by atoms with E-state index >= 15 is 0 Å². The standard InChI is InChI=1S/C7H12N2O4S2/c1-4-7(14-3-9-4)6(10)5(2)13-15(8,11)12/h3,5-6,10H,1-2H3,(H2,8,11,12)/t5-,6+/m0/s1. The topological polar surface area (TPSA) is 103 Å². The number of nitrogens with two attached hydrogens (primary N) is 1. The van der Waals surface area contributed by atoms with Gasteiger partial charge in [0.15, 0.2) is 0 Å². The first-order chi connectivity index (χ1) is 6.81. The molecule has 15 heavy (non-hydrogen) atoms. The fourth-order valence-corrected chi connectivity index (χ4v) is 2.48. The molecule has 1 aromatic heterocycles. The molecule has 0 radical (unpaired) electrons. The maximum atomic E-state index is 10.6. The molecular formula is C7H12N2O4S2. The predicted octanol–water partition coefficient (Wildman–Crippen LogP) is 0.0935. The third kappa shape index (κ3) is 3.50. The van der Waals surface area contributed by atoms with Crippen LogP contribution in [0.15, 0.2) is 5.51 Å². The van der Waals surface area contributed by atoms with Gasteiger partial charge >= 0.3 is 10.3 Å². The zero-order valence-electron chi connectivity index (χ0n) is 8.25. The van der Waals surface area contributed by atoms with Crippen LogP contribution in [-0.2, 0) is 14.5 Å². The Bertz CT molecular complexity index is 428. The largest absolute Gasteiger partial charge is 0.385 e. The normalized spacial score (nSPS) is 16.3. The molecule has 0 bridgehead atoms. The maximum absolute atomic E-state index is 10.6. The van der Waals surface area contributed by atoms with Gasteiger partial charge in [-0.15, -0.1) is 11.3 Å². The highest BCUT2D eigenvalue weighted by Gasteiger charge is 2.24. The number of rotatable bonds is 4. The van der Waals surface area contributed by atoms with Crippen LogP contribution < -0.4 is 5.14 Å². The highest BCUT2D eigenvalue weighted by Crippen LogP contribution is 2.26. The van der Waals surface area contributed by atoms with Gasteiger partial charge in [-0.3, -0.25) is 4.18 Å². The third-order valence-corrected chi connectivity index (χ3v) is 3.36. The predicted molar refractivity (Wildman–Crippen MR) is 55.5 cm³/mol. The van der Waals surface area contributed by atoms with Gasteiger partial charge in [0, 0.05) is 0 Å². The summed E-state index contributed by atoms with van der Waals surface area (Å²) in [7, 11) is -4.05. The summed E-state index contributed by atoms with van der Waals surface area (Å²) in [5.74, 6) is 0. The van der Waals surface area contributed by atoms with Crippen LogP contribution in [0.4, 0.5) is 0 Å². The molecule has 0 saturated carbocycles. The van der Waals surface area contributed by atoms with Crippen LogP contribution in [0.25, 0.3) is 0 Å². The summed E-state index contributed by atoms with van der Waals surface area (Å²) in [5.41, 5.74) is 2.22. The number of hydrogen-bond acceptors (Lipinski definition) is 6. The fraction of sp³-hybridized carbons (Fsp3) is 0.571. The summed E-state index contributed by atoms with van der Waals surface area (Å²) >= 11 is 1.24. The van der Waals surface area contributed by atoms with Gasteiger partial charge in [-0.05, 0) is 13.8 Å². The van der Waals surface area contributed by atoms with E-state index in [-0.39, 0.29) is 0 Å². The van der Waals surface area contributed by atoms with E-state index in [1.54, 1.807) is 12.4 Å². The van der Waals surface area contributed by atoms with E-state index in [1.807, 2.05) is 0 Å². The molecule has 0 aliphatic carbocycles. The summed E-state index contributed by atoms with van der Waals surface area (Å²) in [6.07, 6.45) is -1.98. The molecule has 2 atom stereocenters. The monoisotopic (exact) mass is 252 g/mol. The molecule has 6 nitrogen and oxygen atoms in total. The van der Waals surface area contributed by atoms with Crippen molar-refractivity contribution >= 4 is 21.6 Å². The van der Waals surface area contributed by atoms with Crippen LogP contribution in [0.5, 0.6) is 0 Å². The summed E-state index contributed by atoms with van der Waals surface area (Å²) in [4.78, 5) is 4.51. The maximum Gasteiger partial charge on any atom is 0.333 e. The molecule has 0 aliphatic heterocycles.